The first kappa shape index (κ1) is 12.0. The molecule has 0 fully saturated rings. The van der Waals surface area contributed by atoms with Crippen LogP contribution in [0.5, 0.6) is 5.75 Å². The maximum Gasteiger partial charge on any atom is 0.292 e. The number of aromatic nitrogens is 1. The van der Waals surface area contributed by atoms with E-state index >= 15 is 0 Å². The molecule has 3 rings (SSSR count). The van der Waals surface area contributed by atoms with Crippen molar-refractivity contribution in [3.8, 4) is 5.75 Å². The lowest BCUT2D eigenvalue weighted by atomic mass is 10.1. The van der Waals surface area contributed by atoms with Crippen LogP contribution in [0.3, 0.4) is 0 Å². The van der Waals surface area contributed by atoms with E-state index in [1.54, 1.807) is 7.11 Å². The number of ether oxygens (including phenoxy) is 1. The number of methoxy groups -OCH3 is 1. The number of benzene rings is 1. The summed E-state index contributed by atoms with van der Waals surface area (Å²) < 4.78 is 10.8. The molecule has 1 aliphatic rings. The van der Waals surface area contributed by atoms with Crippen molar-refractivity contribution in [3.05, 3.63) is 41.3 Å². The Hall–Kier alpha value is -2.01. The SMILES string of the molecule is COc1ccccc1CN1CCc2nc(N)oc2C1. The smallest absolute Gasteiger partial charge is 0.292 e. The van der Waals surface area contributed by atoms with Crippen LogP contribution >= 0.6 is 0 Å². The highest BCUT2D eigenvalue weighted by molar-refractivity contribution is 5.33. The zero-order valence-corrected chi connectivity index (χ0v) is 10.9. The van der Waals surface area contributed by atoms with Crippen LogP contribution in [-0.2, 0) is 19.5 Å². The van der Waals surface area contributed by atoms with Crippen molar-refractivity contribution in [2.75, 3.05) is 19.4 Å². The molecule has 1 aliphatic heterocycles. The number of hydrogen-bond acceptors (Lipinski definition) is 5. The minimum atomic E-state index is 0.268. The highest BCUT2D eigenvalue weighted by atomic mass is 16.5. The molecule has 2 N–H and O–H groups in total. The molecule has 0 unspecified atom stereocenters. The molecule has 100 valence electrons. The molecular formula is C14H17N3O2. The maximum absolute atomic E-state index is 5.59. The van der Waals surface area contributed by atoms with Gasteiger partial charge in [0.2, 0.25) is 0 Å². The van der Waals surface area contributed by atoms with Crippen LogP contribution in [0.1, 0.15) is 17.0 Å². The van der Waals surface area contributed by atoms with Gasteiger partial charge in [0.25, 0.3) is 6.01 Å². The normalized spacial score (nSPS) is 15.2. The van der Waals surface area contributed by atoms with Crippen molar-refractivity contribution in [2.24, 2.45) is 0 Å². The average Bonchev–Trinajstić information content (AvgIpc) is 2.79. The molecule has 1 aromatic carbocycles. The Morgan fingerprint density at radius 2 is 2.26 bits per heavy atom. The highest BCUT2D eigenvalue weighted by Gasteiger charge is 2.22. The molecule has 2 heterocycles. The zero-order valence-electron chi connectivity index (χ0n) is 10.9. The van der Waals surface area contributed by atoms with E-state index in [0.29, 0.717) is 0 Å². The standard InChI is InChI=1S/C14H17N3O2/c1-18-12-5-3-2-4-10(12)8-17-7-6-11-13(9-17)19-14(15)16-11/h2-5H,6-9H2,1H3,(H2,15,16). The predicted octanol–water partition coefficient (Wildman–Crippen LogP) is 1.82. The average molecular weight is 259 g/mol. The lowest BCUT2D eigenvalue weighted by Gasteiger charge is -2.25. The topological polar surface area (TPSA) is 64.5 Å². The first-order valence-electron chi connectivity index (χ1n) is 6.34. The van der Waals surface area contributed by atoms with Crippen LogP contribution in [0.15, 0.2) is 28.7 Å². The molecule has 0 amide bonds. The molecule has 2 aromatic rings. The first-order chi connectivity index (χ1) is 9.26. The summed E-state index contributed by atoms with van der Waals surface area (Å²) in [6.45, 7) is 2.54. The Balaban J connectivity index is 1.75. The molecular weight excluding hydrogens is 242 g/mol. The van der Waals surface area contributed by atoms with E-state index in [1.165, 1.54) is 5.56 Å². The first-order valence-corrected chi connectivity index (χ1v) is 6.34. The summed E-state index contributed by atoms with van der Waals surface area (Å²) in [6.07, 6.45) is 0.880. The number of hydrogen-bond donors (Lipinski definition) is 1. The Morgan fingerprint density at radius 1 is 1.42 bits per heavy atom. The second-order valence-electron chi connectivity index (χ2n) is 4.69. The number of nitrogens with zero attached hydrogens (tertiary/aromatic N) is 2. The van der Waals surface area contributed by atoms with Crippen molar-refractivity contribution in [2.45, 2.75) is 19.5 Å². The third-order valence-corrected chi connectivity index (χ3v) is 3.41. The number of anilines is 1. The third kappa shape index (κ3) is 2.42. The molecule has 0 spiro atoms. The number of para-hydroxylation sites is 1. The predicted molar refractivity (Wildman–Crippen MR) is 71.7 cm³/mol. The summed E-state index contributed by atoms with van der Waals surface area (Å²) in [5.41, 5.74) is 7.76. The van der Waals surface area contributed by atoms with Crippen molar-refractivity contribution in [1.82, 2.24) is 9.88 Å². The largest absolute Gasteiger partial charge is 0.496 e. The second kappa shape index (κ2) is 4.93. The van der Waals surface area contributed by atoms with E-state index in [4.69, 9.17) is 14.9 Å². The number of nitrogen functional groups attached to an aromatic ring is 1. The number of nitrogens with two attached hydrogens (primary N) is 1. The lowest BCUT2D eigenvalue weighted by Crippen LogP contribution is -2.29. The van der Waals surface area contributed by atoms with Crippen LogP contribution in [-0.4, -0.2) is 23.5 Å². The van der Waals surface area contributed by atoms with Gasteiger partial charge in [0.1, 0.15) is 11.5 Å². The summed E-state index contributed by atoms with van der Waals surface area (Å²) in [5.74, 6) is 1.81. The van der Waals surface area contributed by atoms with Gasteiger partial charge < -0.3 is 14.9 Å². The molecule has 0 saturated carbocycles. The zero-order chi connectivity index (χ0) is 13.2. The summed E-state index contributed by atoms with van der Waals surface area (Å²) in [5, 5.41) is 0. The van der Waals surface area contributed by atoms with E-state index in [9.17, 15) is 0 Å². The summed E-state index contributed by atoms with van der Waals surface area (Å²) >= 11 is 0. The Kier molecular flexibility index (Phi) is 3.13. The number of fused-ring (bicyclic) bond motifs is 1. The van der Waals surface area contributed by atoms with Crippen molar-refractivity contribution < 1.29 is 9.15 Å². The van der Waals surface area contributed by atoms with Crippen molar-refractivity contribution >= 4 is 6.01 Å². The van der Waals surface area contributed by atoms with Gasteiger partial charge in [-0.15, -0.1) is 0 Å². The molecule has 0 saturated heterocycles. The second-order valence-corrected chi connectivity index (χ2v) is 4.69. The minimum Gasteiger partial charge on any atom is -0.496 e. The van der Waals surface area contributed by atoms with Gasteiger partial charge in [0, 0.05) is 25.1 Å². The van der Waals surface area contributed by atoms with E-state index in [2.05, 4.69) is 16.0 Å². The van der Waals surface area contributed by atoms with Crippen LogP contribution in [0.4, 0.5) is 6.01 Å². The fourth-order valence-electron chi connectivity index (χ4n) is 2.48. The van der Waals surface area contributed by atoms with Gasteiger partial charge in [-0.3, -0.25) is 4.90 Å². The molecule has 1 aromatic heterocycles. The summed E-state index contributed by atoms with van der Waals surface area (Å²) in [6, 6.07) is 8.34. The highest BCUT2D eigenvalue weighted by Crippen LogP contribution is 2.25. The van der Waals surface area contributed by atoms with Crippen molar-refractivity contribution in [3.63, 3.8) is 0 Å². The van der Waals surface area contributed by atoms with Gasteiger partial charge in [-0.05, 0) is 6.07 Å². The van der Waals surface area contributed by atoms with Crippen molar-refractivity contribution in [1.29, 1.82) is 0 Å². The molecule has 0 radical (unpaired) electrons. The van der Waals surface area contributed by atoms with Crippen LogP contribution in [0, 0.1) is 0 Å². The van der Waals surface area contributed by atoms with E-state index < -0.39 is 0 Å². The van der Waals surface area contributed by atoms with Crippen LogP contribution in [0.25, 0.3) is 0 Å². The fourth-order valence-corrected chi connectivity index (χ4v) is 2.48. The van der Waals surface area contributed by atoms with Gasteiger partial charge in [-0.2, -0.15) is 4.98 Å². The van der Waals surface area contributed by atoms with Crippen LogP contribution < -0.4 is 10.5 Å². The Labute approximate surface area is 112 Å². The van der Waals surface area contributed by atoms with Crippen LogP contribution in [0.2, 0.25) is 0 Å². The summed E-state index contributed by atoms with van der Waals surface area (Å²) in [4.78, 5) is 6.50. The number of oxazole rings is 1. The van der Waals surface area contributed by atoms with Gasteiger partial charge in [-0.25, -0.2) is 0 Å². The Bertz CT molecular complexity index is 580. The fraction of sp³-hybridized carbons (Fsp3) is 0.357. The lowest BCUT2D eigenvalue weighted by molar-refractivity contribution is 0.219. The van der Waals surface area contributed by atoms with Gasteiger partial charge in [-0.1, -0.05) is 18.2 Å². The Morgan fingerprint density at radius 3 is 3.11 bits per heavy atom. The molecule has 19 heavy (non-hydrogen) atoms. The van der Waals surface area contributed by atoms with E-state index in [0.717, 1.165) is 43.3 Å². The molecule has 0 bridgehead atoms. The van der Waals surface area contributed by atoms with E-state index in [-0.39, 0.29) is 6.01 Å². The van der Waals surface area contributed by atoms with E-state index in [1.807, 2.05) is 18.2 Å². The monoisotopic (exact) mass is 259 g/mol. The number of rotatable bonds is 3. The molecule has 0 atom stereocenters. The molecule has 0 aliphatic carbocycles. The van der Waals surface area contributed by atoms with Gasteiger partial charge >= 0.3 is 0 Å². The molecule has 5 nitrogen and oxygen atoms in total. The van der Waals surface area contributed by atoms with Gasteiger partial charge in [0.15, 0.2) is 0 Å². The maximum atomic E-state index is 5.59. The molecule has 5 heteroatoms. The van der Waals surface area contributed by atoms with Gasteiger partial charge in [0.05, 0.1) is 19.3 Å². The summed E-state index contributed by atoms with van der Waals surface area (Å²) in [7, 11) is 1.70. The minimum absolute atomic E-state index is 0.268. The quantitative estimate of drug-likeness (QED) is 0.911. The third-order valence-electron chi connectivity index (χ3n) is 3.41.